The van der Waals surface area contributed by atoms with Crippen molar-refractivity contribution in [3.63, 3.8) is 0 Å². The predicted molar refractivity (Wildman–Crippen MR) is 82.6 cm³/mol. The van der Waals surface area contributed by atoms with E-state index in [4.69, 9.17) is 4.74 Å². The zero-order valence-electron chi connectivity index (χ0n) is 12.8. The van der Waals surface area contributed by atoms with E-state index in [1.807, 2.05) is 19.1 Å². The van der Waals surface area contributed by atoms with Crippen LogP contribution in [-0.2, 0) is 4.79 Å². The molecule has 1 amide bonds. The third kappa shape index (κ3) is 3.84. The molecule has 0 radical (unpaired) electrons. The zero-order chi connectivity index (χ0) is 15.4. The smallest absolute Gasteiger partial charge is 0.265 e. The summed E-state index contributed by atoms with van der Waals surface area (Å²) >= 11 is 0. The highest BCUT2D eigenvalue weighted by Crippen LogP contribution is 2.25. The molecule has 0 aliphatic carbocycles. The largest absolute Gasteiger partial charge is 0.481 e. The Hall–Kier alpha value is -2.30. The van der Waals surface area contributed by atoms with E-state index < -0.39 is 6.10 Å². The van der Waals surface area contributed by atoms with Crippen LogP contribution < -0.4 is 10.1 Å². The SMILES string of the molecule is Cc1ccc(C(C)C)cc1OC(C)C(=O)Nc1cn[nH]c1. The molecule has 1 unspecified atom stereocenters. The number of H-pyrrole nitrogens is 1. The molecule has 0 aliphatic heterocycles. The first-order valence-corrected chi connectivity index (χ1v) is 7.04. The minimum Gasteiger partial charge on any atom is -0.481 e. The second-order valence-electron chi connectivity index (χ2n) is 5.42. The molecule has 0 bridgehead atoms. The van der Waals surface area contributed by atoms with Crippen LogP contribution in [-0.4, -0.2) is 22.2 Å². The zero-order valence-corrected chi connectivity index (χ0v) is 12.8. The number of benzene rings is 1. The van der Waals surface area contributed by atoms with Crippen molar-refractivity contribution in [1.29, 1.82) is 0 Å². The van der Waals surface area contributed by atoms with E-state index in [1.165, 1.54) is 5.56 Å². The molecular formula is C16H21N3O2. The van der Waals surface area contributed by atoms with Crippen LogP contribution in [0.1, 0.15) is 37.8 Å². The molecule has 0 spiro atoms. The molecular weight excluding hydrogens is 266 g/mol. The van der Waals surface area contributed by atoms with Gasteiger partial charge in [0.15, 0.2) is 6.10 Å². The Kier molecular flexibility index (Phi) is 4.62. The molecule has 21 heavy (non-hydrogen) atoms. The summed E-state index contributed by atoms with van der Waals surface area (Å²) < 4.78 is 5.80. The van der Waals surface area contributed by atoms with Gasteiger partial charge in [-0.1, -0.05) is 26.0 Å². The summed E-state index contributed by atoms with van der Waals surface area (Å²) in [5.74, 6) is 0.963. The lowest BCUT2D eigenvalue weighted by atomic mass is 10.0. The number of hydrogen-bond donors (Lipinski definition) is 2. The van der Waals surface area contributed by atoms with Gasteiger partial charge in [-0.2, -0.15) is 5.10 Å². The van der Waals surface area contributed by atoms with Crippen LogP contribution in [0.5, 0.6) is 5.75 Å². The van der Waals surface area contributed by atoms with Crippen LogP contribution in [0.3, 0.4) is 0 Å². The van der Waals surface area contributed by atoms with Crippen molar-refractivity contribution in [3.8, 4) is 5.75 Å². The fraction of sp³-hybridized carbons (Fsp3) is 0.375. The molecule has 1 atom stereocenters. The van der Waals surface area contributed by atoms with Crippen molar-refractivity contribution < 1.29 is 9.53 Å². The number of anilines is 1. The Morgan fingerprint density at radius 2 is 2.10 bits per heavy atom. The van der Waals surface area contributed by atoms with Crippen molar-refractivity contribution in [1.82, 2.24) is 10.2 Å². The third-order valence-electron chi connectivity index (χ3n) is 3.32. The van der Waals surface area contributed by atoms with E-state index in [0.29, 0.717) is 11.6 Å². The first-order valence-electron chi connectivity index (χ1n) is 7.04. The summed E-state index contributed by atoms with van der Waals surface area (Å²) in [5.41, 5.74) is 2.84. The summed E-state index contributed by atoms with van der Waals surface area (Å²) in [4.78, 5) is 12.1. The lowest BCUT2D eigenvalue weighted by Gasteiger charge is -2.17. The van der Waals surface area contributed by atoms with Gasteiger partial charge in [0, 0.05) is 6.20 Å². The van der Waals surface area contributed by atoms with Crippen LogP contribution in [0.25, 0.3) is 0 Å². The monoisotopic (exact) mass is 287 g/mol. The van der Waals surface area contributed by atoms with Crippen LogP contribution in [0, 0.1) is 6.92 Å². The fourth-order valence-corrected chi connectivity index (χ4v) is 1.91. The van der Waals surface area contributed by atoms with Gasteiger partial charge in [0.05, 0.1) is 11.9 Å². The highest BCUT2D eigenvalue weighted by molar-refractivity contribution is 5.93. The predicted octanol–water partition coefficient (Wildman–Crippen LogP) is 3.25. The lowest BCUT2D eigenvalue weighted by Crippen LogP contribution is -2.30. The maximum atomic E-state index is 12.1. The van der Waals surface area contributed by atoms with Gasteiger partial charge in [0.2, 0.25) is 0 Å². The average molecular weight is 287 g/mol. The Morgan fingerprint density at radius 1 is 1.33 bits per heavy atom. The van der Waals surface area contributed by atoms with E-state index in [0.717, 1.165) is 11.3 Å². The first kappa shape index (κ1) is 15.1. The Balaban J connectivity index is 2.06. The summed E-state index contributed by atoms with van der Waals surface area (Å²) in [6.07, 6.45) is 2.59. The standard InChI is InChI=1S/C16H21N3O2/c1-10(2)13-6-5-11(3)15(7-13)21-12(4)16(20)19-14-8-17-18-9-14/h5-10,12H,1-4H3,(H,17,18)(H,19,20). The number of nitrogens with zero attached hydrogens (tertiary/aromatic N) is 1. The topological polar surface area (TPSA) is 67.0 Å². The third-order valence-corrected chi connectivity index (χ3v) is 3.32. The fourth-order valence-electron chi connectivity index (χ4n) is 1.91. The minimum absolute atomic E-state index is 0.203. The van der Waals surface area contributed by atoms with Gasteiger partial charge < -0.3 is 10.1 Å². The number of nitrogens with one attached hydrogen (secondary N) is 2. The second kappa shape index (κ2) is 6.43. The lowest BCUT2D eigenvalue weighted by molar-refractivity contribution is -0.122. The highest BCUT2D eigenvalue weighted by Gasteiger charge is 2.16. The molecule has 112 valence electrons. The Morgan fingerprint density at radius 3 is 2.71 bits per heavy atom. The van der Waals surface area contributed by atoms with Gasteiger partial charge in [-0.15, -0.1) is 0 Å². The number of hydrogen-bond acceptors (Lipinski definition) is 3. The van der Waals surface area contributed by atoms with Gasteiger partial charge in [0.1, 0.15) is 5.75 Å². The quantitative estimate of drug-likeness (QED) is 0.887. The molecule has 1 aromatic carbocycles. The van der Waals surface area contributed by atoms with E-state index in [1.54, 1.807) is 19.3 Å². The molecule has 1 heterocycles. The number of carbonyl (C=O) groups is 1. The van der Waals surface area contributed by atoms with Gasteiger partial charge in [-0.05, 0) is 37.0 Å². The summed E-state index contributed by atoms with van der Waals surface area (Å²) in [6, 6.07) is 6.11. The van der Waals surface area contributed by atoms with E-state index in [2.05, 4.69) is 35.4 Å². The number of aromatic nitrogens is 2. The van der Waals surface area contributed by atoms with Crippen molar-refractivity contribution in [2.75, 3.05) is 5.32 Å². The molecule has 0 fully saturated rings. The normalized spacial score (nSPS) is 12.2. The van der Waals surface area contributed by atoms with Crippen LogP contribution in [0.4, 0.5) is 5.69 Å². The van der Waals surface area contributed by atoms with E-state index >= 15 is 0 Å². The molecule has 0 saturated heterocycles. The number of carbonyl (C=O) groups excluding carboxylic acids is 1. The molecule has 5 nitrogen and oxygen atoms in total. The van der Waals surface area contributed by atoms with Crippen molar-refractivity contribution in [2.24, 2.45) is 0 Å². The van der Waals surface area contributed by atoms with Gasteiger partial charge >= 0.3 is 0 Å². The number of rotatable bonds is 5. The van der Waals surface area contributed by atoms with E-state index in [9.17, 15) is 4.79 Å². The highest BCUT2D eigenvalue weighted by atomic mass is 16.5. The van der Waals surface area contributed by atoms with Crippen LogP contribution >= 0.6 is 0 Å². The van der Waals surface area contributed by atoms with Gasteiger partial charge in [-0.25, -0.2) is 0 Å². The maximum Gasteiger partial charge on any atom is 0.265 e. The van der Waals surface area contributed by atoms with Crippen molar-refractivity contribution in [3.05, 3.63) is 41.7 Å². The number of ether oxygens (including phenoxy) is 1. The van der Waals surface area contributed by atoms with Crippen LogP contribution in [0.2, 0.25) is 0 Å². The molecule has 0 saturated carbocycles. The van der Waals surface area contributed by atoms with Gasteiger partial charge in [0.25, 0.3) is 5.91 Å². The number of aryl methyl sites for hydroxylation is 1. The first-order chi connectivity index (χ1) is 9.97. The summed E-state index contributed by atoms with van der Waals surface area (Å²) in [7, 11) is 0. The van der Waals surface area contributed by atoms with Crippen molar-refractivity contribution in [2.45, 2.75) is 39.7 Å². The van der Waals surface area contributed by atoms with Crippen molar-refractivity contribution >= 4 is 11.6 Å². The Labute approximate surface area is 124 Å². The second-order valence-corrected chi connectivity index (χ2v) is 5.42. The molecule has 2 aromatic rings. The molecule has 2 rings (SSSR count). The number of amides is 1. The average Bonchev–Trinajstić information content (AvgIpc) is 2.93. The van der Waals surface area contributed by atoms with E-state index in [-0.39, 0.29) is 5.91 Å². The molecule has 0 aliphatic rings. The molecule has 2 N–H and O–H groups in total. The summed E-state index contributed by atoms with van der Waals surface area (Å²) in [5, 5.41) is 9.17. The van der Waals surface area contributed by atoms with Crippen LogP contribution in [0.15, 0.2) is 30.6 Å². The number of aromatic amines is 1. The minimum atomic E-state index is -0.582. The maximum absolute atomic E-state index is 12.1. The molecule has 1 aromatic heterocycles. The molecule has 5 heteroatoms. The Bertz CT molecular complexity index is 606. The van der Waals surface area contributed by atoms with Gasteiger partial charge in [-0.3, -0.25) is 9.89 Å². The summed E-state index contributed by atoms with van der Waals surface area (Å²) in [6.45, 7) is 7.96.